The Morgan fingerprint density at radius 2 is 2.00 bits per heavy atom. The van der Waals surface area contributed by atoms with Gasteiger partial charge in [-0.05, 0) is 24.1 Å². The highest BCUT2D eigenvalue weighted by molar-refractivity contribution is 6.00. The van der Waals surface area contributed by atoms with Crippen LogP contribution in [0.5, 0.6) is 5.75 Å². The van der Waals surface area contributed by atoms with Crippen molar-refractivity contribution in [2.24, 2.45) is 0 Å². The second kappa shape index (κ2) is 7.25. The highest BCUT2D eigenvalue weighted by Crippen LogP contribution is 2.43. The number of methoxy groups -OCH3 is 1. The molecule has 0 bridgehead atoms. The molecular formula is C21H21N3O3. The summed E-state index contributed by atoms with van der Waals surface area (Å²) in [6.45, 7) is 1.14. The maximum atomic E-state index is 13.1. The first-order valence-electron chi connectivity index (χ1n) is 8.93. The van der Waals surface area contributed by atoms with Crippen molar-refractivity contribution in [3.05, 3.63) is 71.4 Å². The van der Waals surface area contributed by atoms with Gasteiger partial charge >= 0.3 is 0 Å². The number of H-pyrrole nitrogens is 1. The van der Waals surface area contributed by atoms with Gasteiger partial charge in [-0.3, -0.25) is 9.89 Å². The number of nitrogens with zero attached hydrogens (tertiary/aromatic N) is 2. The number of fused-ring (bicyclic) bond motifs is 1. The lowest BCUT2D eigenvalue weighted by Crippen LogP contribution is -2.31. The van der Waals surface area contributed by atoms with E-state index in [0.29, 0.717) is 18.8 Å². The molecule has 2 heterocycles. The number of carbonyl (C=O) groups excluding carboxylic acids is 1. The second-order valence-electron chi connectivity index (χ2n) is 6.57. The molecule has 0 spiro atoms. The summed E-state index contributed by atoms with van der Waals surface area (Å²) < 4.78 is 5.15. The van der Waals surface area contributed by atoms with E-state index in [0.717, 1.165) is 28.8 Å². The van der Waals surface area contributed by atoms with Crippen LogP contribution in [0.4, 0.5) is 0 Å². The number of hydrogen-bond donors (Lipinski definition) is 2. The summed E-state index contributed by atoms with van der Waals surface area (Å²) in [5.41, 5.74) is 3.94. The molecule has 0 aliphatic carbocycles. The molecule has 1 atom stereocenters. The standard InChI is InChI=1S/C21H21N3O3/c1-27-12-6-11-24-20(15-9-5-10-16(25)13-15)17-18(14-7-3-2-4-8-14)22-23-19(17)21(24)26/h2-5,7-10,13,20,25H,6,11-12H2,1H3,(H,22,23). The molecule has 1 aliphatic rings. The Morgan fingerprint density at radius 1 is 1.19 bits per heavy atom. The molecule has 1 amide bonds. The summed E-state index contributed by atoms with van der Waals surface area (Å²) >= 11 is 0. The molecule has 0 saturated carbocycles. The maximum Gasteiger partial charge on any atom is 0.273 e. The highest BCUT2D eigenvalue weighted by atomic mass is 16.5. The number of phenols is 1. The molecule has 0 radical (unpaired) electrons. The third-order valence-corrected chi connectivity index (χ3v) is 4.84. The number of phenolic OH excluding ortho intramolecular Hbond substituents is 1. The van der Waals surface area contributed by atoms with Gasteiger partial charge in [0.05, 0.1) is 11.7 Å². The van der Waals surface area contributed by atoms with Crippen LogP contribution in [0.15, 0.2) is 54.6 Å². The molecule has 0 saturated heterocycles. The van der Waals surface area contributed by atoms with Gasteiger partial charge in [0.25, 0.3) is 5.91 Å². The van der Waals surface area contributed by atoms with Gasteiger partial charge in [-0.25, -0.2) is 0 Å². The van der Waals surface area contributed by atoms with Gasteiger partial charge in [-0.2, -0.15) is 5.10 Å². The number of hydrogen-bond acceptors (Lipinski definition) is 4. The SMILES string of the molecule is COCCCN1C(=O)c2[nH]nc(-c3ccccc3)c2C1c1cccc(O)c1. The summed E-state index contributed by atoms with van der Waals surface area (Å²) in [4.78, 5) is 14.9. The molecule has 0 fully saturated rings. The van der Waals surface area contributed by atoms with Crippen LogP contribution in [0.25, 0.3) is 11.3 Å². The van der Waals surface area contributed by atoms with Crippen LogP contribution in [0.3, 0.4) is 0 Å². The molecule has 6 nitrogen and oxygen atoms in total. The minimum Gasteiger partial charge on any atom is -0.508 e. The van der Waals surface area contributed by atoms with Crippen molar-refractivity contribution in [2.75, 3.05) is 20.3 Å². The molecule has 27 heavy (non-hydrogen) atoms. The maximum absolute atomic E-state index is 13.1. The van der Waals surface area contributed by atoms with Crippen LogP contribution in [0, 0.1) is 0 Å². The Morgan fingerprint density at radius 3 is 2.74 bits per heavy atom. The van der Waals surface area contributed by atoms with Gasteiger partial charge in [-0.1, -0.05) is 42.5 Å². The number of aromatic hydroxyl groups is 1. The fourth-order valence-corrected chi connectivity index (χ4v) is 3.66. The Balaban J connectivity index is 1.82. The van der Waals surface area contributed by atoms with Crippen molar-refractivity contribution in [2.45, 2.75) is 12.5 Å². The van der Waals surface area contributed by atoms with Crippen molar-refractivity contribution < 1.29 is 14.6 Å². The second-order valence-corrected chi connectivity index (χ2v) is 6.57. The molecule has 138 valence electrons. The molecule has 2 N–H and O–H groups in total. The Labute approximate surface area is 157 Å². The van der Waals surface area contributed by atoms with E-state index >= 15 is 0 Å². The first-order chi connectivity index (χ1) is 13.2. The number of nitrogens with one attached hydrogen (secondary N) is 1. The van der Waals surface area contributed by atoms with Crippen LogP contribution in [-0.4, -0.2) is 46.4 Å². The topological polar surface area (TPSA) is 78.5 Å². The van der Waals surface area contributed by atoms with Gasteiger partial charge in [0.1, 0.15) is 11.4 Å². The average Bonchev–Trinajstić information content (AvgIpc) is 3.22. The molecular weight excluding hydrogens is 342 g/mol. The number of aromatic nitrogens is 2. The smallest absolute Gasteiger partial charge is 0.273 e. The van der Waals surface area contributed by atoms with Crippen LogP contribution in [0.2, 0.25) is 0 Å². The highest BCUT2D eigenvalue weighted by Gasteiger charge is 2.41. The zero-order valence-electron chi connectivity index (χ0n) is 15.1. The zero-order chi connectivity index (χ0) is 18.8. The first kappa shape index (κ1) is 17.3. The first-order valence-corrected chi connectivity index (χ1v) is 8.93. The summed E-state index contributed by atoms with van der Waals surface area (Å²) in [7, 11) is 1.65. The Kier molecular flexibility index (Phi) is 4.64. The van der Waals surface area contributed by atoms with E-state index in [2.05, 4.69) is 10.2 Å². The van der Waals surface area contributed by atoms with Crippen LogP contribution in [0.1, 0.15) is 34.1 Å². The molecule has 1 aliphatic heterocycles. The monoisotopic (exact) mass is 363 g/mol. The number of aromatic amines is 1. The summed E-state index contributed by atoms with van der Waals surface area (Å²) in [5, 5.41) is 17.3. The van der Waals surface area contributed by atoms with Crippen LogP contribution >= 0.6 is 0 Å². The normalized spacial score (nSPS) is 16.0. The van der Waals surface area contributed by atoms with Crippen molar-refractivity contribution in [3.8, 4) is 17.0 Å². The molecule has 6 heteroatoms. The number of ether oxygens (including phenoxy) is 1. The molecule has 4 rings (SSSR count). The predicted molar refractivity (Wildman–Crippen MR) is 102 cm³/mol. The van der Waals surface area contributed by atoms with E-state index in [9.17, 15) is 9.90 Å². The largest absolute Gasteiger partial charge is 0.508 e. The average molecular weight is 363 g/mol. The number of rotatable bonds is 6. The quantitative estimate of drug-likeness (QED) is 0.658. The van der Waals surface area contributed by atoms with E-state index in [1.165, 1.54) is 0 Å². The number of amides is 1. The van der Waals surface area contributed by atoms with Gasteiger partial charge in [0.15, 0.2) is 0 Å². The fraction of sp³-hybridized carbons (Fsp3) is 0.238. The van der Waals surface area contributed by atoms with Crippen molar-refractivity contribution in [1.29, 1.82) is 0 Å². The lowest BCUT2D eigenvalue weighted by Gasteiger charge is -2.26. The van der Waals surface area contributed by atoms with Crippen molar-refractivity contribution >= 4 is 5.91 Å². The van der Waals surface area contributed by atoms with E-state index in [4.69, 9.17) is 4.74 Å². The fourth-order valence-electron chi connectivity index (χ4n) is 3.66. The van der Waals surface area contributed by atoms with Gasteiger partial charge in [0.2, 0.25) is 0 Å². The summed E-state index contributed by atoms with van der Waals surface area (Å²) in [5.74, 6) is 0.0964. The van der Waals surface area contributed by atoms with E-state index < -0.39 is 0 Å². The summed E-state index contributed by atoms with van der Waals surface area (Å²) in [6.07, 6.45) is 0.732. The Bertz CT molecular complexity index is 952. The molecule has 1 unspecified atom stereocenters. The molecule has 2 aromatic carbocycles. The Hall–Kier alpha value is -3.12. The molecule has 3 aromatic rings. The van der Waals surface area contributed by atoms with Crippen molar-refractivity contribution in [1.82, 2.24) is 15.1 Å². The number of carbonyl (C=O) groups is 1. The van der Waals surface area contributed by atoms with Crippen LogP contribution < -0.4 is 0 Å². The molecule has 1 aromatic heterocycles. The number of benzene rings is 2. The predicted octanol–water partition coefficient (Wildman–Crippen LogP) is 3.36. The third-order valence-electron chi connectivity index (χ3n) is 4.84. The van der Waals surface area contributed by atoms with Gasteiger partial charge in [-0.15, -0.1) is 0 Å². The third kappa shape index (κ3) is 3.08. The van der Waals surface area contributed by atoms with Crippen molar-refractivity contribution in [3.63, 3.8) is 0 Å². The lowest BCUT2D eigenvalue weighted by atomic mass is 9.96. The van der Waals surface area contributed by atoms with Crippen LogP contribution in [-0.2, 0) is 4.74 Å². The lowest BCUT2D eigenvalue weighted by molar-refractivity contribution is 0.0723. The van der Waals surface area contributed by atoms with E-state index in [1.807, 2.05) is 41.3 Å². The van der Waals surface area contributed by atoms with E-state index in [1.54, 1.807) is 25.3 Å². The minimum absolute atomic E-state index is 0.0795. The zero-order valence-corrected chi connectivity index (χ0v) is 15.1. The van der Waals surface area contributed by atoms with Gasteiger partial charge < -0.3 is 14.7 Å². The minimum atomic E-state index is -0.301. The van der Waals surface area contributed by atoms with E-state index in [-0.39, 0.29) is 17.7 Å². The summed E-state index contributed by atoms with van der Waals surface area (Å²) in [6, 6.07) is 16.6. The van der Waals surface area contributed by atoms with Gasteiger partial charge in [0, 0.05) is 31.4 Å².